The van der Waals surface area contributed by atoms with Gasteiger partial charge in [-0.25, -0.2) is 4.79 Å². The summed E-state index contributed by atoms with van der Waals surface area (Å²) in [6.07, 6.45) is 6.49. The largest absolute Gasteiger partial charge is 0.478 e. The third-order valence-corrected chi connectivity index (χ3v) is 3.60. The van der Waals surface area contributed by atoms with Gasteiger partial charge in [-0.15, -0.1) is 0 Å². The van der Waals surface area contributed by atoms with Crippen LogP contribution in [0.3, 0.4) is 0 Å². The maximum atomic E-state index is 12.1. The van der Waals surface area contributed by atoms with Gasteiger partial charge in [0.1, 0.15) is 0 Å². The van der Waals surface area contributed by atoms with E-state index in [0.29, 0.717) is 5.69 Å². The second-order valence-electron chi connectivity index (χ2n) is 5.06. The Bertz CT molecular complexity index is 462. The molecule has 19 heavy (non-hydrogen) atoms. The molecule has 0 bridgehead atoms. The van der Waals surface area contributed by atoms with E-state index in [4.69, 9.17) is 5.11 Å². The highest BCUT2D eigenvalue weighted by Gasteiger charge is 2.20. The second kappa shape index (κ2) is 6.36. The second-order valence-corrected chi connectivity index (χ2v) is 5.06. The first-order valence-electron chi connectivity index (χ1n) is 6.81. The van der Waals surface area contributed by atoms with Crippen LogP contribution in [0, 0.1) is 5.92 Å². The minimum Gasteiger partial charge on any atom is -0.478 e. The number of carboxylic acids is 1. The highest BCUT2D eigenvalue weighted by atomic mass is 16.4. The van der Waals surface area contributed by atoms with Gasteiger partial charge in [0.05, 0.1) is 5.56 Å². The van der Waals surface area contributed by atoms with Gasteiger partial charge in [0, 0.05) is 11.6 Å². The van der Waals surface area contributed by atoms with E-state index in [-0.39, 0.29) is 17.4 Å². The molecule has 4 heteroatoms. The Morgan fingerprint density at radius 3 is 2.42 bits per heavy atom. The molecule has 0 aliphatic heterocycles. The fourth-order valence-electron chi connectivity index (χ4n) is 2.52. The van der Waals surface area contributed by atoms with Crippen molar-refractivity contribution in [1.82, 2.24) is 0 Å². The number of hydrogen-bond acceptors (Lipinski definition) is 2. The maximum absolute atomic E-state index is 12.1. The Hall–Kier alpha value is -1.84. The molecule has 1 aliphatic rings. The Morgan fingerprint density at radius 2 is 1.79 bits per heavy atom. The van der Waals surface area contributed by atoms with Crippen LogP contribution in [-0.2, 0) is 4.79 Å². The summed E-state index contributed by atoms with van der Waals surface area (Å²) in [5.74, 6) is -0.897. The molecule has 1 fully saturated rings. The van der Waals surface area contributed by atoms with Crippen LogP contribution in [0.1, 0.15) is 48.9 Å². The van der Waals surface area contributed by atoms with Crippen LogP contribution < -0.4 is 5.32 Å². The standard InChI is InChI=1S/C15H19NO3/c17-14(11-6-3-1-2-4-7-11)16-13-9-5-8-12(10-13)15(18)19/h5,8-11H,1-4,6-7H2,(H,16,17)(H,18,19). The topological polar surface area (TPSA) is 66.4 Å². The highest BCUT2D eigenvalue weighted by Crippen LogP contribution is 2.24. The molecule has 0 spiro atoms. The summed E-state index contributed by atoms with van der Waals surface area (Å²) in [7, 11) is 0. The van der Waals surface area contributed by atoms with Crippen molar-refractivity contribution in [3.63, 3.8) is 0 Å². The molecular formula is C15H19NO3. The van der Waals surface area contributed by atoms with E-state index in [0.717, 1.165) is 25.7 Å². The van der Waals surface area contributed by atoms with Gasteiger partial charge in [0.15, 0.2) is 0 Å². The van der Waals surface area contributed by atoms with Gasteiger partial charge in [0.2, 0.25) is 5.91 Å². The number of carbonyl (C=O) groups is 2. The zero-order valence-corrected chi connectivity index (χ0v) is 10.9. The predicted molar refractivity (Wildman–Crippen MR) is 73.2 cm³/mol. The third-order valence-electron chi connectivity index (χ3n) is 3.60. The normalized spacial score (nSPS) is 16.6. The molecule has 0 saturated heterocycles. The molecule has 0 aromatic heterocycles. The Balaban J connectivity index is 2.01. The number of anilines is 1. The first kappa shape index (κ1) is 13.6. The van der Waals surface area contributed by atoms with E-state index in [1.54, 1.807) is 12.1 Å². The lowest BCUT2D eigenvalue weighted by Gasteiger charge is -2.14. The quantitative estimate of drug-likeness (QED) is 0.820. The average molecular weight is 261 g/mol. The lowest BCUT2D eigenvalue weighted by atomic mass is 9.99. The van der Waals surface area contributed by atoms with Gasteiger partial charge in [-0.1, -0.05) is 31.7 Å². The summed E-state index contributed by atoms with van der Waals surface area (Å²) in [6, 6.07) is 6.38. The fourth-order valence-corrected chi connectivity index (χ4v) is 2.52. The van der Waals surface area contributed by atoms with Gasteiger partial charge in [-0.05, 0) is 31.0 Å². The predicted octanol–water partition coefficient (Wildman–Crippen LogP) is 3.29. The van der Waals surface area contributed by atoms with Crippen LogP contribution in [0.5, 0.6) is 0 Å². The summed E-state index contributed by atoms with van der Waals surface area (Å²) in [4.78, 5) is 23.0. The van der Waals surface area contributed by atoms with E-state index < -0.39 is 5.97 Å². The number of benzene rings is 1. The first-order chi connectivity index (χ1) is 9.16. The van der Waals surface area contributed by atoms with E-state index in [1.165, 1.54) is 25.0 Å². The molecule has 1 aromatic rings. The van der Waals surface area contributed by atoms with Gasteiger partial charge in [0.25, 0.3) is 0 Å². The van der Waals surface area contributed by atoms with Gasteiger partial charge in [-0.2, -0.15) is 0 Å². The van der Waals surface area contributed by atoms with Crippen LogP contribution in [0.4, 0.5) is 5.69 Å². The number of nitrogens with one attached hydrogen (secondary N) is 1. The molecule has 0 unspecified atom stereocenters. The summed E-state index contributed by atoms with van der Waals surface area (Å²) in [5, 5.41) is 11.7. The van der Waals surface area contributed by atoms with E-state index in [2.05, 4.69) is 5.32 Å². The van der Waals surface area contributed by atoms with Gasteiger partial charge < -0.3 is 10.4 Å². The minimum absolute atomic E-state index is 0.0180. The molecule has 0 heterocycles. The Labute approximate surface area is 112 Å². The Kier molecular flexibility index (Phi) is 4.55. The van der Waals surface area contributed by atoms with Crippen LogP contribution in [0.25, 0.3) is 0 Å². The van der Waals surface area contributed by atoms with Crippen LogP contribution in [0.15, 0.2) is 24.3 Å². The number of aromatic carboxylic acids is 1. The summed E-state index contributed by atoms with van der Waals surface area (Å²) in [5.41, 5.74) is 0.757. The van der Waals surface area contributed by atoms with Crippen molar-refractivity contribution < 1.29 is 14.7 Å². The summed E-state index contributed by atoms with van der Waals surface area (Å²) >= 11 is 0. The number of amides is 1. The maximum Gasteiger partial charge on any atom is 0.335 e. The highest BCUT2D eigenvalue weighted by molar-refractivity contribution is 5.94. The molecule has 0 radical (unpaired) electrons. The van der Waals surface area contributed by atoms with Crippen molar-refractivity contribution in [1.29, 1.82) is 0 Å². The van der Waals surface area contributed by atoms with Crippen LogP contribution >= 0.6 is 0 Å². The lowest BCUT2D eigenvalue weighted by molar-refractivity contribution is -0.120. The molecular weight excluding hydrogens is 242 g/mol. The zero-order valence-electron chi connectivity index (χ0n) is 10.9. The molecule has 1 amide bonds. The van der Waals surface area contributed by atoms with Crippen molar-refractivity contribution in [3.8, 4) is 0 Å². The number of rotatable bonds is 3. The summed E-state index contributed by atoms with van der Waals surface area (Å²) < 4.78 is 0. The smallest absolute Gasteiger partial charge is 0.335 e. The number of carbonyl (C=O) groups excluding carboxylic acids is 1. The third kappa shape index (κ3) is 3.81. The fraction of sp³-hybridized carbons (Fsp3) is 0.467. The van der Waals surface area contributed by atoms with Crippen molar-refractivity contribution in [2.75, 3.05) is 5.32 Å². The van der Waals surface area contributed by atoms with E-state index >= 15 is 0 Å². The molecule has 1 aliphatic carbocycles. The molecule has 1 saturated carbocycles. The molecule has 102 valence electrons. The number of carboxylic acid groups (broad SMARTS) is 1. The SMILES string of the molecule is O=C(O)c1cccc(NC(=O)C2CCCCCC2)c1. The van der Waals surface area contributed by atoms with Gasteiger partial charge in [-0.3, -0.25) is 4.79 Å². The van der Waals surface area contributed by atoms with Crippen LogP contribution in [0.2, 0.25) is 0 Å². The summed E-state index contributed by atoms with van der Waals surface area (Å²) in [6.45, 7) is 0. The van der Waals surface area contributed by atoms with E-state index in [1.807, 2.05) is 0 Å². The average Bonchev–Trinajstić information content (AvgIpc) is 2.68. The molecule has 4 nitrogen and oxygen atoms in total. The monoisotopic (exact) mass is 261 g/mol. The van der Waals surface area contributed by atoms with E-state index in [9.17, 15) is 9.59 Å². The lowest BCUT2D eigenvalue weighted by Crippen LogP contribution is -2.22. The van der Waals surface area contributed by atoms with Crippen molar-refractivity contribution in [2.45, 2.75) is 38.5 Å². The zero-order chi connectivity index (χ0) is 13.7. The number of hydrogen-bond donors (Lipinski definition) is 2. The van der Waals surface area contributed by atoms with Crippen molar-refractivity contribution in [3.05, 3.63) is 29.8 Å². The Morgan fingerprint density at radius 1 is 1.11 bits per heavy atom. The van der Waals surface area contributed by atoms with Crippen molar-refractivity contribution >= 4 is 17.6 Å². The van der Waals surface area contributed by atoms with Crippen molar-refractivity contribution in [2.24, 2.45) is 5.92 Å². The first-order valence-corrected chi connectivity index (χ1v) is 6.81. The molecule has 2 N–H and O–H groups in total. The molecule has 2 rings (SSSR count). The molecule has 1 aromatic carbocycles. The minimum atomic E-state index is -0.981. The molecule has 0 atom stereocenters. The van der Waals surface area contributed by atoms with Crippen LogP contribution in [-0.4, -0.2) is 17.0 Å². The van der Waals surface area contributed by atoms with Gasteiger partial charge >= 0.3 is 5.97 Å².